The molecule has 3 amide bonds. The molecule has 1 aromatic carbocycles. The first-order valence-corrected chi connectivity index (χ1v) is 6.85. The summed E-state index contributed by atoms with van der Waals surface area (Å²) in [7, 11) is 3.07. The predicted molar refractivity (Wildman–Crippen MR) is 81.1 cm³/mol. The summed E-state index contributed by atoms with van der Waals surface area (Å²) in [6.45, 7) is 1.25. The largest absolute Gasteiger partial charge is 0.497 e. The minimum absolute atomic E-state index is 0.238. The second-order valence-corrected chi connectivity index (χ2v) is 4.89. The Kier molecular flexibility index (Phi) is 5.05. The number of carbonyl (C=O) groups is 2. The van der Waals surface area contributed by atoms with E-state index < -0.39 is 11.9 Å². The first kappa shape index (κ1) is 15.9. The molecule has 0 saturated carbocycles. The molecule has 1 aromatic rings. The minimum Gasteiger partial charge on any atom is -0.497 e. The van der Waals surface area contributed by atoms with Gasteiger partial charge in [-0.3, -0.25) is 4.79 Å². The van der Waals surface area contributed by atoms with Crippen LogP contribution in [0.1, 0.15) is 0 Å². The number of primary amides is 1. The number of hydrogen-bond donors (Lipinski definition) is 3. The molecule has 8 nitrogen and oxygen atoms in total. The lowest BCUT2D eigenvalue weighted by Gasteiger charge is -2.32. The number of urea groups is 1. The van der Waals surface area contributed by atoms with Gasteiger partial charge in [0.2, 0.25) is 5.91 Å². The van der Waals surface area contributed by atoms with Crippen molar-refractivity contribution in [2.75, 3.05) is 39.2 Å². The molecule has 1 heterocycles. The van der Waals surface area contributed by atoms with E-state index in [1.807, 2.05) is 0 Å². The van der Waals surface area contributed by atoms with Crippen LogP contribution >= 0.6 is 0 Å². The SMILES string of the molecule is COc1cc(NC(=O)N2CCNC(C(N)=O)C2)cc(OC)c1. The smallest absolute Gasteiger partial charge is 0.321 e. The van der Waals surface area contributed by atoms with E-state index in [0.717, 1.165) is 0 Å². The van der Waals surface area contributed by atoms with E-state index >= 15 is 0 Å². The molecule has 2 rings (SSSR count). The molecule has 22 heavy (non-hydrogen) atoms. The number of rotatable bonds is 4. The molecule has 1 aliphatic rings. The molecular weight excluding hydrogens is 288 g/mol. The third kappa shape index (κ3) is 3.79. The Balaban J connectivity index is 2.06. The molecule has 1 saturated heterocycles. The highest BCUT2D eigenvalue weighted by Crippen LogP contribution is 2.26. The zero-order valence-electron chi connectivity index (χ0n) is 12.6. The average molecular weight is 308 g/mol. The second kappa shape index (κ2) is 6.99. The molecule has 1 aliphatic heterocycles. The Morgan fingerprint density at radius 3 is 2.45 bits per heavy atom. The highest BCUT2D eigenvalue weighted by molar-refractivity contribution is 5.90. The second-order valence-electron chi connectivity index (χ2n) is 4.89. The van der Waals surface area contributed by atoms with Crippen LogP contribution in [-0.4, -0.2) is 56.7 Å². The minimum atomic E-state index is -0.528. The van der Waals surface area contributed by atoms with Crippen molar-refractivity contribution in [3.63, 3.8) is 0 Å². The number of amides is 3. The predicted octanol–water partition coefficient (Wildman–Crippen LogP) is -0.00520. The van der Waals surface area contributed by atoms with E-state index in [-0.39, 0.29) is 12.6 Å². The van der Waals surface area contributed by atoms with E-state index in [2.05, 4.69) is 10.6 Å². The van der Waals surface area contributed by atoms with Gasteiger partial charge >= 0.3 is 6.03 Å². The van der Waals surface area contributed by atoms with Crippen LogP contribution in [0.5, 0.6) is 11.5 Å². The summed E-state index contributed by atoms with van der Waals surface area (Å²) >= 11 is 0. The molecule has 120 valence electrons. The molecule has 1 atom stereocenters. The van der Waals surface area contributed by atoms with Gasteiger partial charge < -0.3 is 30.7 Å². The van der Waals surface area contributed by atoms with Crippen LogP contribution in [0.15, 0.2) is 18.2 Å². The Bertz CT molecular complexity index is 542. The zero-order valence-corrected chi connectivity index (χ0v) is 12.6. The fourth-order valence-electron chi connectivity index (χ4n) is 2.21. The summed E-state index contributed by atoms with van der Waals surface area (Å²) in [6.07, 6.45) is 0. The van der Waals surface area contributed by atoms with E-state index in [0.29, 0.717) is 30.3 Å². The fourth-order valence-corrected chi connectivity index (χ4v) is 2.21. The number of nitrogens with one attached hydrogen (secondary N) is 2. The topological polar surface area (TPSA) is 106 Å². The highest BCUT2D eigenvalue weighted by Gasteiger charge is 2.26. The maximum absolute atomic E-state index is 12.3. The van der Waals surface area contributed by atoms with Gasteiger partial charge in [-0.15, -0.1) is 0 Å². The fraction of sp³-hybridized carbons (Fsp3) is 0.429. The van der Waals surface area contributed by atoms with Crippen LogP contribution in [0, 0.1) is 0 Å². The van der Waals surface area contributed by atoms with Crippen molar-refractivity contribution in [3.05, 3.63) is 18.2 Å². The van der Waals surface area contributed by atoms with Gasteiger partial charge in [0, 0.05) is 43.5 Å². The summed E-state index contributed by atoms with van der Waals surface area (Å²) < 4.78 is 10.3. The quantitative estimate of drug-likeness (QED) is 0.726. The maximum atomic E-state index is 12.3. The molecule has 1 fully saturated rings. The summed E-state index contributed by atoms with van der Waals surface area (Å²) in [6, 6.07) is 4.26. The number of piperazine rings is 1. The molecule has 0 spiro atoms. The van der Waals surface area contributed by atoms with E-state index in [4.69, 9.17) is 15.2 Å². The first-order valence-electron chi connectivity index (χ1n) is 6.85. The molecule has 0 aliphatic carbocycles. The molecule has 4 N–H and O–H groups in total. The van der Waals surface area contributed by atoms with Gasteiger partial charge in [0.05, 0.1) is 14.2 Å². The number of nitrogens with two attached hydrogens (primary N) is 1. The normalized spacial score (nSPS) is 17.7. The summed E-state index contributed by atoms with van der Waals surface area (Å²) in [5, 5.41) is 5.74. The Morgan fingerprint density at radius 1 is 1.27 bits per heavy atom. The van der Waals surface area contributed by atoms with E-state index in [9.17, 15) is 9.59 Å². The van der Waals surface area contributed by atoms with Gasteiger partial charge in [0.1, 0.15) is 17.5 Å². The Hall–Kier alpha value is -2.48. The Labute approximate surface area is 128 Å². The van der Waals surface area contributed by atoms with E-state index in [1.54, 1.807) is 18.2 Å². The lowest BCUT2D eigenvalue weighted by molar-refractivity contribution is -0.120. The van der Waals surface area contributed by atoms with Gasteiger partial charge in [-0.05, 0) is 0 Å². The van der Waals surface area contributed by atoms with Crippen LogP contribution < -0.4 is 25.8 Å². The molecule has 0 radical (unpaired) electrons. The third-order valence-electron chi connectivity index (χ3n) is 3.41. The van der Waals surface area contributed by atoms with Gasteiger partial charge in [0.25, 0.3) is 0 Å². The molecule has 1 unspecified atom stereocenters. The number of benzene rings is 1. The van der Waals surface area contributed by atoms with Crippen molar-refractivity contribution in [3.8, 4) is 11.5 Å². The van der Waals surface area contributed by atoms with Crippen molar-refractivity contribution in [1.29, 1.82) is 0 Å². The highest BCUT2D eigenvalue weighted by atomic mass is 16.5. The molecule has 8 heteroatoms. The van der Waals surface area contributed by atoms with Crippen LogP contribution in [0.2, 0.25) is 0 Å². The van der Waals surface area contributed by atoms with E-state index in [1.165, 1.54) is 19.1 Å². The number of methoxy groups -OCH3 is 2. The van der Waals surface area contributed by atoms with Crippen molar-refractivity contribution in [1.82, 2.24) is 10.2 Å². The summed E-state index contributed by atoms with van der Waals surface area (Å²) in [4.78, 5) is 25.0. The number of anilines is 1. The lowest BCUT2D eigenvalue weighted by atomic mass is 10.2. The lowest BCUT2D eigenvalue weighted by Crippen LogP contribution is -2.58. The molecule has 0 bridgehead atoms. The molecular formula is C14H20N4O4. The summed E-state index contributed by atoms with van der Waals surface area (Å²) in [5.74, 6) is 0.676. The number of carbonyl (C=O) groups excluding carboxylic acids is 2. The maximum Gasteiger partial charge on any atom is 0.321 e. The Morgan fingerprint density at radius 2 is 1.91 bits per heavy atom. The average Bonchev–Trinajstić information content (AvgIpc) is 2.54. The van der Waals surface area contributed by atoms with Gasteiger partial charge in [-0.1, -0.05) is 0 Å². The van der Waals surface area contributed by atoms with Crippen molar-refractivity contribution in [2.45, 2.75) is 6.04 Å². The van der Waals surface area contributed by atoms with Crippen molar-refractivity contribution in [2.24, 2.45) is 5.73 Å². The van der Waals surface area contributed by atoms with Gasteiger partial charge in [-0.25, -0.2) is 4.79 Å². The molecule has 0 aromatic heterocycles. The van der Waals surface area contributed by atoms with Crippen LogP contribution in [0.25, 0.3) is 0 Å². The zero-order chi connectivity index (χ0) is 16.1. The van der Waals surface area contributed by atoms with Crippen molar-refractivity contribution >= 4 is 17.6 Å². The summed E-state index contributed by atoms with van der Waals surface area (Å²) in [5.41, 5.74) is 5.82. The first-order chi connectivity index (χ1) is 10.5. The number of nitrogens with zero attached hydrogens (tertiary/aromatic N) is 1. The number of ether oxygens (including phenoxy) is 2. The van der Waals surface area contributed by atoms with Crippen LogP contribution in [0.3, 0.4) is 0 Å². The monoisotopic (exact) mass is 308 g/mol. The van der Waals surface area contributed by atoms with Crippen LogP contribution in [0.4, 0.5) is 10.5 Å². The third-order valence-corrected chi connectivity index (χ3v) is 3.41. The van der Waals surface area contributed by atoms with Crippen LogP contribution in [-0.2, 0) is 4.79 Å². The standard InChI is InChI=1S/C14H20N4O4/c1-21-10-5-9(6-11(7-10)22-2)17-14(20)18-4-3-16-12(8-18)13(15)19/h5-7,12,16H,3-4,8H2,1-2H3,(H2,15,19)(H,17,20). The number of hydrogen-bond acceptors (Lipinski definition) is 5. The van der Waals surface area contributed by atoms with Crippen molar-refractivity contribution < 1.29 is 19.1 Å². The van der Waals surface area contributed by atoms with Gasteiger partial charge in [0.15, 0.2) is 0 Å². The van der Waals surface area contributed by atoms with Gasteiger partial charge in [-0.2, -0.15) is 0 Å².